The van der Waals surface area contributed by atoms with Crippen LogP contribution in [0.4, 0.5) is 0 Å². The molecule has 0 aliphatic heterocycles. The molecular weight excluding hydrogens is 218 g/mol. The standard InChI is InChI=1S/C12H15N3S/c13-15-12(8-2-1-3-8)9-6-11-10(14-7-9)4-5-16-11/h4-8,12,15H,1-3,13H2. The highest BCUT2D eigenvalue weighted by Gasteiger charge is 2.27. The molecule has 2 aromatic rings. The van der Waals surface area contributed by atoms with Crippen LogP contribution < -0.4 is 11.3 Å². The maximum Gasteiger partial charge on any atom is 0.0809 e. The van der Waals surface area contributed by atoms with Crippen molar-refractivity contribution >= 4 is 21.6 Å². The van der Waals surface area contributed by atoms with E-state index in [9.17, 15) is 0 Å². The lowest BCUT2D eigenvalue weighted by atomic mass is 9.78. The maximum absolute atomic E-state index is 5.66. The summed E-state index contributed by atoms with van der Waals surface area (Å²) in [4.78, 5) is 4.47. The fraction of sp³-hybridized carbons (Fsp3) is 0.417. The summed E-state index contributed by atoms with van der Waals surface area (Å²) in [5, 5.41) is 2.08. The van der Waals surface area contributed by atoms with Crippen LogP contribution in [0.2, 0.25) is 0 Å². The van der Waals surface area contributed by atoms with E-state index in [4.69, 9.17) is 5.84 Å². The normalized spacial score (nSPS) is 18.6. The molecule has 1 saturated carbocycles. The zero-order chi connectivity index (χ0) is 11.0. The molecular formula is C12H15N3S. The summed E-state index contributed by atoms with van der Waals surface area (Å²) in [7, 11) is 0. The third-order valence-corrected chi connectivity index (χ3v) is 4.34. The van der Waals surface area contributed by atoms with Crippen molar-refractivity contribution in [3.05, 3.63) is 29.3 Å². The van der Waals surface area contributed by atoms with Gasteiger partial charge in [0.25, 0.3) is 0 Å². The Balaban J connectivity index is 1.95. The molecule has 1 aliphatic carbocycles. The summed E-state index contributed by atoms with van der Waals surface area (Å²) in [5.74, 6) is 6.34. The predicted molar refractivity (Wildman–Crippen MR) is 67.0 cm³/mol. The minimum atomic E-state index is 0.271. The van der Waals surface area contributed by atoms with Crippen molar-refractivity contribution in [3.63, 3.8) is 0 Å². The van der Waals surface area contributed by atoms with E-state index in [0.717, 1.165) is 5.52 Å². The van der Waals surface area contributed by atoms with Crippen LogP contribution in [0.15, 0.2) is 23.7 Å². The van der Waals surface area contributed by atoms with E-state index in [0.29, 0.717) is 5.92 Å². The van der Waals surface area contributed by atoms with Gasteiger partial charge in [-0.1, -0.05) is 6.42 Å². The molecule has 0 radical (unpaired) electrons. The van der Waals surface area contributed by atoms with E-state index in [1.54, 1.807) is 11.3 Å². The van der Waals surface area contributed by atoms with Crippen LogP contribution in [-0.2, 0) is 0 Å². The van der Waals surface area contributed by atoms with Crippen molar-refractivity contribution in [1.82, 2.24) is 10.4 Å². The van der Waals surface area contributed by atoms with Gasteiger partial charge in [0.2, 0.25) is 0 Å². The van der Waals surface area contributed by atoms with Gasteiger partial charge in [-0.05, 0) is 41.8 Å². The number of fused-ring (bicyclic) bond motifs is 1. The lowest BCUT2D eigenvalue weighted by molar-refractivity contribution is 0.232. The van der Waals surface area contributed by atoms with Gasteiger partial charge in [0, 0.05) is 6.20 Å². The van der Waals surface area contributed by atoms with Crippen molar-refractivity contribution in [2.24, 2.45) is 11.8 Å². The Morgan fingerprint density at radius 3 is 3.06 bits per heavy atom. The minimum absolute atomic E-state index is 0.271. The van der Waals surface area contributed by atoms with Gasteiger partial charge in [-0.3, -0.25) is 16.3 Å². The van der Waals surface area contributed by atoms with Crippen LogP contribution >= 0.6 is 11.3 Å². The highest BCUT2D eigenvalue weighted by Crippen LogP contribution is 2.37. The van der Waals surface area contributed by atoms with E-state index in [2.05, 4.69) is 27.9 Å². The quantitative estimate of drug-likeness (QED) is 0.633. The second-order valence-electron chi connectivity index (χ2n) is 4.41. The topological polar surface area (TPSA) is 50.9 Å². The van der Waals surface area contributed by atoms with Gasteiger partial charge in [-0.25, -0.2) is 0 Å². The molecule has 1 unspecified atom stereocenters. The Hall–Kier alpha value is -0.970. The van der Waals surface area contributed by atoms with E-state index < -0.39 is 0 Å². The Morgan fingerprint density at radius 1 is 1.50 bits per heavy atom. The molecule has 3 N–H and O–H groups in total. The molecule has 3 nitrogen and oxygen atoms in total. The number of rotatable bonds is 3. The van der Waals surface area contributed by atoms with Crippen LogP contribution in [0.3, 0.4) is 0 Å². The van der Waals surface area contributed by atoms with E-state index >= 15 is 0 Å². The van der Waals surface area contributed by atoms with Crippen molar-refractivity contribution in [3.8, 4) is 0 Å². The first-order valence-electron chi connectivity index (χ1n) is 5.68. The fourth-order valence-electron chi connectivity index (χ4n) is 2.31. The summed E-state index contributed by atoms with van der Waals surface area (Å²) < 4.78 is 1.25. The summed E-state index contributed by atoms with van der Waals surface area (Å²) in [6.07, 6.45) is 5.84. The summed E-state index contributed by atoms with van der Waals surface area (Å²) in [6.45, 7) is 0. The van der Waals surface area contributed by atoms with Crippen molar-refractivity contribution in [2.75, 3.05) is 0 Å². The van der Waals surface area contributed by atoms with Crippen LogP contribution in [0.5, 0.6) is 0 Å². The number of hydrogen-bond donors (Lipinski definition) is 2. The van der Waals surface area contributed by atoms with Gasteiger partial charge in [0.15, 0.2) is 0 Å². The van der Waals surface area contributed by atoms with E-state index in [-0.39, 0.29) is 6.04 Å². The molecule has 4 heteroatoms. The number of nitrogens with one attached hydrogen (secondary N) is 1. The number of pyridine rings is 1. The molecule has 0 amide bonds. The fourth-order valence-corrected chi connectivity index (χ4v) is 3.10. The van der Waals surface area contributed by atoms with Gasteiger partial charge in [-0.15, -0.1) is 11.3 Å². The average Bonchev–Trinajstić information content (AvgIpc) is 2.69. The van der Waals surface area contributed by atoms with Crippen molar-refractivity contribution in [1.29, 1.82) is 0 Å². The molecule has 1 fully saturated rings. The largest absolute Gasteiger partial charge is 0.271 e. The lowest BCUT2D eigenvalue weighted by Gasteiger charge is -2.33. The molecule has 84 valence electrons. The van der Waals surface area contributed by atoms with Gasteiger partial charge in [-0.2, -0.15) is 0 Å². The summed E-state index contributed by atoms with van der Waals surface area (Å²) >= 11 is 1.74. The Bertz CT molecular complexity index is 490. The molecule has 1 aliphatic rings. The first-order valence-corrected chi connectivity index (χ1v) is 6.56. The Morgan fingerprint density at radius 2 is 2.38 bits per heavy atom. The Labute approximate surface area is 98.7 Å². The van der Waals surface area contributed by atoms with Crippen LogP contribution in [0, 0.1) is 5.92 Å². The SMILES string of the molecule is NNC(c1cnc2ccsc2c1)C1CCC1. The van der Waals surface area contributed by atoms with Gasteiger partial charge < -0.3 is 0 Å². The molecule has 2 aromatic heterocycles. The predicted octanol–water partition coefficient (Wildman–Crippen LogP) is 2.60. The maximum atomic E-state index is 5.66. The van der Waals surface area contributed by atoms with Gasteiger partial charge in [0.05, 0.1) is 16.3 Å². The van der Waals surface area contributed by atoms with E-state index in [1.165, 1.54) is 29.5 Å². The Kier molecular flexibility index (Phi) is 2.63. The molecule has 0 spiro atoms. The van der Waals surface area contributed by atoms with Crippen molar-refractivity contribution in [2.45, 2.75) is 25.3 Å². The molecule has 1 atom stereocenters. The molecule has 2 heterocycles. The molecule has 16 heavy (non-hydrogen) atoms. The van der Waals surface area contributed by atoms with E-state index in [1.807, 2.05) is 6.20 Å². The van der Waals surface area contributed by atoms with Crippen molar-refractivity contribution < 1.29 is 0 Å². The number of thiophene rings is 1. The highest BCUT2D eigenvalue weighted by atomic mass is 32.1. The minimum Gasteiger partial charge on any atom is -0.271 e. The average molecular weight is 233 g/mol. The smallest absolute Gasteiger partial charge is 0.0809 e. The van der Waals surface area contributed by atoms with Gasteiger partial charge >= 0.3 is 0 Å². The zero-order valence-corrected chi connectivity index (χ0v) is 9.83. The first-order chi connectivity index (χ1) is 7.88. The third kappa shape index (κ3) is 1.63. The highest BCUT2D eigenvalue weighted by molar-refractivity contribution is 7.17. The zero-order valence-electron chi connectivity index (χ0n) is 9.02. The van der Waals surface area contributed by atoms with Crippen LogP contribution in [0.25, 0.3) is 10.2 Å². The molecule has 0 bridgehead atoms. The number of hydrogen-bond acceptors (Lipinski definition) is 4. The molecule has 0 saturated heterocycles. The number of nitrogens with two attached hydrogens (primary N) is 1. The third-order valence-electron chi connectivity index (χ3n) is 3.48. The first kappa shape index (κ1) is 10.2. The second-order valence-corrected chi connectivity index (χ2v) is 5.36. The molecule has 3 rings (SSSR count). The summed E-state index contributed by atoms with van der Waals surface area (Å²) in [5.41, 5.74) is 5.25. The number of nitrogens with zero attached hydrogens (tertiary/aromatic N) is 1. The van der Waals surface area contributed by atoms with Crippen LogP contribution in [-0.4, -0.2) is 4.98 Å². The van der Waals surface area contributed by atoms with Gasteiger partial charge in [0.1, 0.15) is 0 Å². The second kappa shape index (κ2) is 4.13. The van der Waals surface area contributed by atoms with Crippen LogP contribution in [0.1, 0.15) is 30.9 Å². The summed E-state index contributed by atoms with van der Waals surface area (Å²) in [6, 6.07) is 4.54. The number of aromatic nitrogens is 1. The number of hydrazine groups is 1. The monoisotopic (exact) mass is 233 g/mol. The lowest BCUT2D eigenvalue weighted by Crippen LogP contribution is -2.36. The molecule has 0 aromatic carbocycles.